The molecule has 1 aliphatic rings. The fraction of sp³-hybridized carbons (Fsp3) is 0.421. The molecule has 7 nitrogen and oxygen atoms in total. The molecule has 150 valence electrons. The summed E-state index contributed by atoms with van der Waals surface area (Å²) >= 11 is 1.39. The molecule has 1 aliphatic carbocycles. The molecule has 4 rings (SSSR count). The highest BCUT2D eigenvalue weighted by atomic mass is 32.1. The van der Waals surface area contributed by atoms with Gasteiger partial charge in [0.25, 0.3) is 18.1 Å². The van der Waals surface area contributed by atoms with Gasteiger partial charge in [-0.25, -0.2) is 13.8 Å². The molecule has 0 aromatic carbocycles. The lowest BCUT2D eigenvalue weighted by molar-refractivity contribution is 0.101. The maximum absolute atomic E-state index is 13.3. The second-order valence-electron chi connectivity index (χ2n) is 7.06. The molecule has 0 fully saturated rings. The molecule has 10 heteroatoms. The summed E-state index contributed by atoms with van der Waals surface area (Å²) in [6.07, 6.45) is 1.03. The average Bonchev–Trinajstić information content (AvgIpc) is 3.26. The third-order valence-electron chi connectivity index (χ3n) is 5.18. The molecule has 29 heavy (non-hydrogen) atoms. The Labute approximate surface area is 169 Å². The zero-order chi connectivity index (χ0) is 20.7. The number of anilines is 1. The van der Waals surface area contributed by atoms with E-state index in [0.717, 1.165) is 40.6 Å². The Morgan fingerprint density at radius 2 is 2.28 bits per heavy atom. The van der Waals surface area contributed by atoms with Crippen LogP contribution in [0.25, 0.3) is 5.78 Å². The highest BCUT2D eigenvalue weighted by molar-refractivity contribution is 7.16. The predicted octanol–water partition coefficient (Wildman–Crippen LogP) is 4.07. The van der Waals surface area contributed by atoms with Crippen LogP contribution in [0.3, 0.4) is 0 Å². The molecule has 3 aromatic rings. The van der Waals surface area contributed by atoms with Crippen molar-refractivity contribution in [3.63, 3.8) is 0 Å². The van der Waals surface area contributed by atoms with Gasteiger partial charge in [-0.1, -0.05) is 13.3 Å². The quantitative estimate of drug-likeness (QED) is 0.692. The van der Waals surface area contributed by atoms with Gasteiger partial charge in [-0.3, -0.25) is 4.79 Å². The van der Waals surface area contributed by atoms with Crippen molar-refractivity contribution in [1.82, 2.24) is 19.6 Å². The first kappa shape index (κ1) is 19.4. The molecule has 0 aliphatic heterocycles. The van der Waals surface area contributed by atoms with E-state index in [1.54, 1.807) is 6.92 Å². The smallest absolute Gasteiger partial charge is 0.296 e. The minimum Gasteiger partial charge on any atom is -0.310 e. The average molecular weight is 416 g/mol. The number of thiophene rings is 1. The van der Waals surface area contributed by atoms with Crippen LogP contribution < -0.4 is 5.32 Å². The number of nitrogens with one attached hydrogen (secondary N) is 1. The van der Waals surface area contributed by atoms with Crippen molar-refractivity contribution in [1.29, 1.82) is 5.26 Å². The number of nitrogens with zero attached hydrogens (tertiary/aromatic N) is 5. The van der Waals surface area contributed by atoms with Gasteiger partial charge in [0, 0.05) is 10.6 Å². The largest absolute Gasteiger partial charge is 0.310 e. The summed E-state index contributed by atoms with van der Waals surface area (Å²) in [6, 6.07) is 3.40. The Morgan fingerprint density at radius 1 is 1.48 bits per heavy atom. The molecule has 3 heterocycles. The Hall–Kier alpha value is -2.93. The molecule has 0 radical (unpaired) electrons. The maximum atomic E-state index is 13.3. The molecule has 1 amide bonds. The lowest BCUT2D eigenvalue weighted by atomic mass is 9.86. The normalized spacial score (nSPS) is 16.1. The van der Waals surface area contributed by atoms with Gasteiger partial charge in [-0.05, 0) is 43.7 Å². The van der Waals surface area contributed by atoms with Crippen molar-refractivity contribution < 1.29 is 13.6 Å². The minimum absolute atomic E-state index is 0.0674. The molecule has 1 atom stereocenters. The summed E-state index contributed by atoms with van der Waals surface area (Å²) in [5.74, 6) is -0.414. The topological polar surface area (TPSA) is 96.0 Å². The zero-order valence-electron chi connectivity index (χ0n) is 15.9. The first-order chi connectivity index (χ1) is 13.9. The summed E-state index contributed by atoms with van der Waals surface area (Å²) in [5.41, 5.74) is 1.45. The van der Waals surface area contributed by atoms with E-state index in [4.69, 9.17) is 0 Å². The molecule has 0 saturated carbocycles. The minimum atomic E-state index is -2.78. The number of amides is 1. The molecule has 0 bridgehead atoms. The first-order valence-corrected chi connectivity index (χ1v) is 10.1. The SMILES string of the molecule is CCC1CCc2c(sc(NC(=O)c3nc4nc(C)cc(C(F)F)n4n3)c2C#N)C1. The third-order valence-corrected chi connectivity index (χ3v) is 6.35. The third kappa shape index (κ3) is 3.46. The van der Waals surface area contributed by atoms with Crippen LogP contribution in [0.5, 0.6) is 0 Å². The number of aromatic nitrogens is 4. The molecule has 1 N–H and O–H groups in total. The molecule has 3 aromatic heterocycles. The Bertz CT molecular complexity index is 1150. The van der Waals surface area contributed by atoms with Gasteiger partial charge in [0.05, 0.1) is 5.56 Å². The number of alkyl halides is 2. The number of hydrogen-bond donors (Lipinski definition) is 1. The van der Waals surface area contributed by atoms with Gasteiger partial charge in [-0.2, -0.15) is 14.8 Å². The van der Waals surface area contributed by atoms with Crippen LogP contribution in [0.2, 0.25) is 0 Å². The first-order valence-electron chi connectivity index (χ1n) is 9.29. The number of halogens is 2. The van der Waals surface area contributed by atoms with Gasteiger partial charge in [0.1, 0.15) is 16.8 Å². The summed E-state index contributed by atoms with van der Waals surface area (Å²) in [6.45, 7) is 3.72. The number of hydrogen-bond acceptors (Lipinski definition) is 6. The summed E-state index contributed by atoms with van der Waals surface area (Å²) in [5, 5.41) is 16.6. The van der Waals surface area contributed by atoms with E-state index in [1.807, 2.05) is 0 Å². The van der Waals surface area contributed by atoms with Crippen LogP contribution in [-0.4, -0.2) is 25.5 Å². The monoisotopic (exact) mass is 416 g/mol. The van der Waals surface area contributed by atoms with Crippen LogP contribution in [0.15, 0.2) is 6.07 Å². The lowest BCUT2D eigenvalue weighted by Gasteiger charge is -2.20. The predicted molar refractivity (Wildman–Crippen MR) is 103 cm³/mol. The van der Waals surface area contributed by atoms with Gasteiger partial charge in [0.2, 0.25) is 5.82 Å². The summed E-state index contributed by atoms with van der Waals surface area (Å²) in [7, 11) is 0. The van der Waals surface area contributed by atoms with E-state index in [-0.39, 0.29) is 17.3 Å². The maximum Gasteiger partial charge on any atom is 0.296 e. The number of carbonyl (C=O) groups excluding carboxylic acids is 1. The Kier molecular flexibility index (Phi) is 5.00. The zero-order valence-corrected chi connectivity index (χ0v) is 16.7. The van der Waals surface area contributed by atoms with Crippen molar-refractivity contribution in [2.24, 2.45) is 5.92 Å². The van der Waals surface area contributed by atoms with Crippen LogP contribution in [0, 0.1) is 24.2 Å². The molecule has 0 spiro atoms. The second kappa shape index (κ2) is 7.48. The van der Waals surface area contributed by atoms with Crippen LogP contribution >= 0.6 is 11.3 Å². The summed E-state index contributed by atoms with van der Waals surface area (Å²) < 4.78 is 27.4. The fourth-order valence-electron chi connectivity index (χ4n) is 3.63. The van der Waals surface area contributed by atoms with Gasteiger partial charge < -0.3 is 5.32 Å². The number of rotatable bonds is 4. The van der Waals surface area contributed by atoms with Gasteiger partial charge >= 0.3 is 0 Å². The van der Waals surface area contributed by atoms with Crippen molar-refractivity contribution in [2.75, 3.05) is 5.32 Å². The standard InChI is InChI=1S/C19H18F2N6OS/c1-3-10-4-5-11-12(8-22)18(29-14(11)7-10)25-17(28)16-24-19-23-9(2)6-13(15(20)21)27(19)26-16/h6,10,15H,3-5,7H2,1-2H3,(H,25,28). The number of carbonyl (C=O) groups is 1. The van der Waals surface area contributed by atoms with Crippen LogP contribution in [0.1, 0.15) is 64.2 Å². The van der Waals surface area contributed by atoms with Crippen molar-refractivity contribution in [2.45, 2.75) is 46.0 Å². The van der Waals surface area contributed by atoms with E-state index in [9.17, 15) is 18.8 Å². The van der Waals surface area contributed by atoms with Crippen molar-refractivity contribution in [3.05, 3.63) is 39.3 Å². The second-order valence-corrected chi connectivity index (χ2v) is 8.17. The van der Waals surface area contributed by atoms with Crippen molar-refractivity contribution in [3.8, 4) is 6.07 Å². The highest BCUT2D eigenvalue weighted by Crippen LogP contribution is 2.40. The molecule has 0 saturated heterocycles. The van der Waals surface area contributed by atoms with E-state index in [1.165, 1.54) is 17.4 Å². The van der Waals surface area contributed by atoms with Gasteiger partial charge in [0.15, 0.2) is 0 Å². The van der Waals surface area contributed by atoms with Gasteiger partial charge in [-0.15, -0.1) is 16.4 Å². The lowest BCUT2D eigenvalue weighted by Crippen LogP contribution is -2.14. The van der Waals surface area contributed by atoms with E-state index in [0.29, 0.717) is 22.2 Å². The van der Waals surface area contributed by atoms with E-state index >= 15 is 0 Å². The number of fused-ring (bicyclic) bond motifs is 2. The van der Waals surface area contributed by atoms with Crippen LogP contribution in [0.4, 0.5) is 13.8 Å². The van der Waals surface area contributed by atoms with Crippen molar-refractivity contribution >= 4 is 28.0 Å². The number of aryl methyl sites for hydroxylation is 1. The van der Waals surface area contributed by atoms with E-state index < -0.39 is 12.3 Å². The van der Waals surface area contributed by atoms with Crippen LogP contribution in [-0.2, 0) is 12.8 Å². The molecule has 1 unspecified atom stereocenters. The summed E-state index contributed by atoms with van der Waals surface area (Å²) in [4.78, 5) is 21.9. The molecular formula is C19H18F2N6OS. The fourth-order valence-corrected chi connectivity index (χ4v) is 4.94. The van der Waals surface area contributed by atoms with E-state index in [2.05, 4.69) is 33.4 Å². The Balaban J connectivity index is 1.66. The molecular weight excluding hydrogens is 398 g/mol. The Morgan fingerprint density at radius 3 is 2.97 bits per heavy atom. The highest BCUT2D eigenvalue weighted by Gasteiger charge is 2.27. The number of nitriles is 1.